The first kappa shape index (κ1) is 19.6. The van der Waals surface area contributed by atoms with Gasteiger partial charge in [-0.15, -0.1) is 13.2 Å². The Morgan fingerprint density at radius 2 is 2.07 bits per heavy atom. The highest BCUT2D eigenvalue weighted by Gasteiger charge is 2.33. The second-order valence-corrected chi connectivity index (χ2v) is 7.83. The minimum absolute atomic E-state index is 0.232. The van der Waals surface area contributed by atoms with E-state index in [1.807, 2.05) is 19.2 Å². The number of hydrazine groups is 1. The summed E-state index contributed by atoms with van der Waals surface area (Å²) in [5.74, 6) is 0.451. The Bertz CT molecular complexity index is 854. The van der Waals surface area contributed by atoms with Crippen LogP contribution in [0, 0.1) is 0 Å². The van der Waals surface area contributed by atoms with E-state index in [9.17, 15) is 18.3 Å². The van der Waals surface area contributed by atoms with Crippen molar-refractivity contribution in [2.75, 3.05) is 0 Å². The van der Waals surface area contributed by atoms with E-state index in [-0.39, 0.29) is 11.8 Å². The molecule has 1 aromatic rings. The third-order valence-corrected chi connectivity index (χ3v) is 5.38. The van der Waals surface area contributed by atoms with Crippen molar-refractivity contribution in [1.82, 2.24) is 15.8 Å². The van der Waals surface area contributed by atoms with Gasteiger partial charge in [0, 0.05) is 24.0 Å². The fraction of sp³-hybridized carbons (Fsp3) is 0.450. The topological polar surface area (TPSA) is 69.1 Å². The number of rotatable bonds is 3. The molecule has 0 amide bonds. The summed E-state index contributed by atoms with van der Waals surface area (Å²) in [5.41, 5.74) is 3.80. The average Bonchev–Trinajstić information content (AvgIpc) is 3.05. The van der Waals surface area contributed by atoms with Gasteiger partial charge in [0.15, 0.2) is 6.17 Å². The van der Waals surface area contributed by atoms with Crippen LogP contribution in [0.4, 0.5) is 13.2 Å². The van der Waals surface area contributed by atoms with E-state index >= 15 is 0 Å². The molecule has 1 atom stereocenters. The highest BCUT2D eigenvalue weighted by atomic mass is 19.4. The van der Waals surface area contributed by atoms with Crippen LogP contribution in [0.1, 0.15) is 38.2 Å². The Morgan fingerprint density at radius 1 is 1.31 bits per heavy atom. The molecule has 3 N–H and O–H groups in total. The van der Waals surface area contributed by atoms with Gasteiger partial charge in [0.25, 0.3) is 0 Å². The zero-order valence-electron chi connectivity index (χ0n) is 15.9. The van der Waals surface area contributed by atoms with E-state index in [2.05, 4.69) is 15.5 Å². The van der Waals surface area contributed by atoms with E-state index in [1.54, 1.807) is 17.3 Å². The van der Waals surface area contributed by atoms with Crippen molar-refractivity contribution < 1.29 is 23.0 Å². The lowest BCUT2D eigenvalue weighted by atomic mass is 9.83. The van der Waals surface area contributed by atoms with Gasteiger partial charge < -0.3 is 20.6 Å². The van der Waals surface area contributed by atoms with Crippen LogP contribution in [-0.2, 0) is 0 Å². The molecular formula is C20H23F3N4O2. The largest absolute Gasteiger partial charge is 0.573 e. The van der Waals surface area contributed by atoms with Crippen LogP contribution >= 0.6 is 0 Å². The van der Waals surface area contributed by atoms with Gasteiger partial charge in [0.1, 0.15) is 11.6 Å². The number of hydrogen-bond donors (Lipinski definition) is 3. The van der Waals surface area contributed by atoms with Crippen LogP contribution in [-0.4, -0.2) is 40.1 Å². The molecule has 0 spiro atoms. The smallest absolute Gasteiger partial charge is 0.406 e. The number of benzene rings is 1. The van der Waals surface area contributed by atoms with Crippen molar-refractivity contribution in [3.05, 3.63) is 48.3 Å². The molecule has 2 aliphatic heterocycles. The van der Waals surface area contributed by atoms with Gasteiger partial charge in [0.05, 0.1) is 5.60 Å². The number of alkyl halides is 3. The van der Waals surface area contributed by atoms with Crippen molar-refractivity contribution in [3.63, 3.8) is 0 Å². The number of halogens is 3. The Hall–Kier alpha value is -2.68. The lowest BCUT2D eigenvalue weighted by molar-refractivity contribution is -0.274. The maximum absolute atomic E-state index is 12.5. The summed E-state index contributed by atoms with van der Waals surface area (Å²) in [5, 5.41) is 15.3. The molecule has 2 heterocycles. The molecule has 1 unspecified atom stereocenters. The van der Waals surface area contributed by atoms with Crippen molar-refractivity contribution >= 4 is 11.4 Å². The maximum atomic E-state index is 12.5. The van der Waals surface area contributed by atoms with Crippen LogP contribution in [0.15, 0.2) is 47.7 Å². The van der Waals surface area contributed by atoms with Crippen molar-refractivity contribution in [3.8, 4) is 5.75 Å². The van der Waals surface area contributed by atoms with Crippen molar-refractivity contribution in [2.45, 2.75) is 56.8 Å². The van der Waals surface area contributed by atoms with Gasteiger partial charge in [-0.25, -0.2) is 4.99 Å². The summed E-state index contributed by atoms with van der Waals surface area (Å²) < 4.78 is 41.6. The third kappa shape index (κ3) is 4.67. The summed E-state index contributed by atoms with van der Waals surface area (Å²) in [6.45, 7) is 1.86. The highest BCUT2D eigenvalue weighted by molar-refractivity contribution is 5.95. The predicted octanol–water partition coefficient (Wildman–Crippen LogP) is 3.28. The molecule has 0 saturated heterocycles. The number of ether oxygens (including phenoxy) is 1. The molecule has 156 valence electrons. The summed E-state index contributed by atoms with van der Waals surface area (Å²) in [6, 6.07) is 6.11. The minimum atomic E-state index is -4.74. The van der Waals surface area contributed by atoms with Crippen LogP contribution < -0.4 is 15.5 Å². The van der Waals surface area contributed by atoms with Crippen LogP contribution in [0.25, 0.3) is 5.57 Å². The van der Waals surface area contributed by atoms with Gasteiger partial charge in [0.2, 0.25) is 0 Å². The molecule has 4 rings (SSSR count). The molecule has 1 aliphatic carbocycles. The summed E-state index contributed by atoms with van der Waals surface area (Å²) >= 11 is 0. The first-order valence-corrected chi connectivity index (χ1v) is 9.54. The second kappa shape index (κ2) is 7.29. The lowest BCUT2D eigenvalue weighted by Gasteiger charge is -2.34. The summed E-state index contributed by atoms with van der Waals surface area (Å²) in [7, 11) is 0. The SMILES string of the molecule is CC1(O)CCC(NC2=NC3C(c4cccc(OC(F)(F)F)c4)=CNN3C=C2)CC1. The lowest BCUT2D eigenvalue weighted by Crippen LogP contribution is -2.44. The molecular weight excluding hydrogens is 385 g/mol. The first-order valence-electron chi connectivity index (χ1n) is 9.54. The minimum Gasteiger partial charge on any atom is -0.406 e. The van der Waals surface area contributed by atoms with E-state index in [1.165, 1.54) is 18.2 Å². The number of aliphatic imine (C=N–C) groups is 1. The Kier molecular flexibility index (Phi) is 4.94. The van der Waals surface area contributed by atoms with Gasteiger partial charge in [-0.05, 0) is 56.4 Å². The van der Waals surface area contributed by atoms with Crippen LogP contribution in [0.2, 0.25) is 0 Å². The zero-order chi connectivity index (χ0) is 20.6. The molecule has 1 saturated carbocycles. The monoisotopic (exact) mass is 408 g/mol. The Morgan fingerprint density at radius 3 is 2.79 bits per heavy atom. The van der Waals surface area contributed by atoms with Gasteiger partial charge in [-0.3, -0.25) is 5.01 Å². The van der Waals surface area contributed by atoms with Crippen molar-refractivity contribution in [1.29, 1.82) is 0 Å². The van der Waals surface area contributed by atoms with Crippen LogP contribution in [0.5, 0.6) is 5.75 Å². The molecule has 3 aliphatic rings. The standard InChI is InChI=1S/C20H23F3N4O2/c1-19(28)8-5-14(6-9-19)25-17-7-10-27-18(26-17)16(12-24-27)13-3-2-4-15(11-13)29-20(21,22)23/h2-4,7,10-12,14,18,24,28H,5-6,8-9H2,1H3,(H,25,26). The molecule has 1 aromatic carbocycles. The molecule has 6 nitrogen and oxygen atoms in total. The second-order valence-electron chi connectivity index (χ2n) is 7.83. The fourth-order valence-electron chi connectivity index (χ4n) is 3.80. The van der Waals surface area contributed by atoms with Gasteiger partial charge in [-0.2, -0.15) is 0 Å². The Labute approximate surface area is 166 Å². The number of aliphatic hydroxyl groups is 1. The normalized spacial score (nSPS) is 28.9. The van der Waals surface area contributed by atoms with Crippen LogP contribution in [0.3, 0.4) is 0 Å². The first-order chi connectivity index (χ1) is 13.7. The zero-order valence-corrected chi connectivity index (χ0v) is 15.9. The van der Waals surface area contributed by atoms with Gasteiger partial charge in [-0.1, -0.05) is 12.1 Å². The predicted molar refractivity (Wildman–Crippen MR) is 102 cm³/mol. The number of hydrogen-bond acceptors (Lipinski definition) is 6. The van der Waals surface area contributed by atoms with Crippen molar-refractivity contribution in [2.24, 2.45) is 4.99 Å². The Balaban J connectivity index is 1.47. The summed E-state index contributed by atoms with van der Waals surface area (Å²) in [6.07, 6.45) is 3.47. The van der Waals surface area contributed by atoms with Gasteiger partial charge >= 0.3 is 6.36 Å². The molecule has 0 aromatic heterocycles. The third-order valence-electron chi connectivity index (χ3n) is 5.38. The number of nitrogens with one attached hydrogen (secondary N) is 2. The number of nitrogens with zero attached hydrogens (tertiary/aromatic N) is 2. The highest BCUT2D eigenvalue weighted by Crippen LogP contribution is 2.32. The quantitative estimate of drug-likeness (QED) is 0.716. The number of amidine groups is 1. The summed E-state index contributed by atoms with van der Waals surface area (Å²) in [4.78, 5) is 4.72. The molecule has 9 heteroatoms. The van der Waals surface area contributed by atoms with E-state index in [0.717, 1.165) is 37.1 Å². The molecule has 1 fully saturated rings. The van der Waals surface area contributed by atoms with E-state index in [0.29, 0.717) is 5.56 Å². The average molecular weight is 408 g/mol. The molecule has 29 heavy (non-hydrogen) atoms. The molecule has 0 radical (unpaired) electrons. The van der Waals surface area contributed by atoms with E-state index < -0.39 is 18.1 Å². The fourth-order valence-corrected chi connectivity index (χ4v) is 3.80. The maximum Gasteiger partial charge on any atom is 0.573 e. The molecule has 0 bridgehead atoms. The number of fused-ring (bicyclic) bond motifs is 1. The van der Waals surface area contributed by atoms with E-state index in [4.69, 9.17) is 4.99 Å².